The lowest BCUT2D eigenvalue weighted by Crippen LogP contribution is -2.33. The molecule has 0 spiro atoms. The maximum absolute atomic E-state index is 10.7. The van der Waals surface area contributed by atoms with Crippen LogP contribution in [0.15, 0.2) is 22.8 Å². The van der Waals surface area contributed by atoms with E-state index in [4.69, 9.17) is 5.11 Å². The highest BCUT2D eigenvalue weighted by Gasteiger charge is 2.30. The van der Waals surface area contributed by atoms with E-state index in [1.54, 1.807) is 18.0 Å². The summed E-state index contributed by atoms with van der Waals surface area (Å²) in [5, 5.41) is 11.8. The lowest BCUT2D eigenvalue weighted by molar-refractivity contribution is -0.138. The Kier molecular flexibility index (Phi) is 3.28. The first-order valence-corrected chi connectivity index (χ1v) is 6.23. The zero-order chi connectivity index (χ0) is 10.8. The maximum atomic E-state index is 10.7. The first-order chi connectivity index (χ1) is 7.16. The highest BCUT2D eigenvalue weighted by atomic mass is 79.9. The Morgan fingerprint density at radius 1 is 1.67 bits per heavy atom. The number of aliphatic carboxylic acids is 1. The Bertz CT molecular complexity index is 371. The lowest BCUT2D eigenvalue weighted by Gasteiger charge is -2.09. The molecule has 2 rings (SSSR count). The largest absolute Gasteiger partial charge is 0.480 e. The van der Waals surface area contributed by atoms with E-state index in [0.29, 0.717) is 5.75 Å². The number of rotatable bonds is 2. The second kappa shape index (κ2) is 4.51. The van der Waals surface area contributed by atoms with Crippen LogP contribution in [-0.4, -0.2) is 27.9 Å². The van der Waals surface area contributed by atoms with Crippen LogP contribution in [0.1, 0.15) is 11.1 Å². The van der Waals surface area contributed by atoms with Crippen LogP contribution in [0.4, 0.5) is 0 Å². The average Bonchev–Trinajstić information content (AvgIpc) is 2.68. The molecule has 4 nitrogen and oxygen atoms in total. The third-order valence-corrected chi connectivity index (χ3v) is 3.80. The van der Waals surface area contributed by atoms with Crippen LogP contribution in [0.25, 0.3) is 0 Å². The SMILES string of the molecule is O=C(O)[C@@H]1CSC(c2ccc(Br)cn2)N1. The molecule has 1 aliphatic heterocycles. The number of aromatic nitrogens is 1. The van der Waals surface area contributed by atoms with Gasteiger partial charge >= 0.3 is 5.97 Å². The number of carboxylic acids is 1. The van der Waals surface area contributed by atoms with Gasteiger partial charge in [-0.3, -0.25) is 15.1 Å². The smallest absolute Gasteiger partial charge is 0.321 e. The predicted octanol–water partition coefficient (Wildman–Crippen LogP) is 1.63. The fourth-order valence-electron chi connectivity index (χ4n) is 1.33. The van der Waals surface area contributed by atoms with Gasteiger partial charge in [0.2, 0.25) is 0 Å². The third-order valence-electron chi connectivity index (χ3n) is 2.10. The van der Waals surface area contributed by atoms with Crippen molar-refractivity contribution in [3.05, 3.63) is 28.5 Å². The minimum absolute atomic E-state index is 0.0146. The fourth-order valence-corrected chi connectivity index (χ4v) is 2.76. The third kappa shape index (κ3) is 2.50. The van der Waals surface area contributed by atoms with Gasteiger partial charge in [0.05, 0.1) is 11.1 Å². The molecule has 0 radical (unpaired) electrons. The highest BCUT2D eigenvalue weighted by Crippen LogP contribution is 2.31. The second-order valence-electron chi connectivity index (χ2n) is 3.17. The molecule has 2 atom stereocenters. The number of nitrogens with zero attached hydrogens (tertiary/aromatic N) is 1. The van der Waals surface area contributed by atoms with E-state index in [0.717, 1.165) is 10.2 Å². The molecule has 2 N–H and O–H groups in total. The van der Waals surface area contributed by atoms with Gasteiger partial charge in [0.25, 0.3) is 0 Å². The fraction of sp³-hybridized carbons (Fsp3) is 0.333. The van der Waals surface area contributed by atoms with Crippen LogP contribution >= 0.6 is 27.7 Å². The van der Waals surface area contributed by atoms with Gasteiger partial charge < -0.3 is 5.11 Å². The Morgan fingerprint density at radius 2 is 2.47 bits per heavy atom. The summed E-state index contributed by atoms with van der Waals surface area (Å²) >= 11 is 4.87. The van der Waals surface area contributed by atoms with Gasteiger partial charge in [-0.05, 0) is 28.1 Å². The van der Waals surface area contributed by atoms with Gasteiger partial charge in [0.1, 0.15) is 6.04 Å². The lowest BCUT2D eigenvalue weighted by atomic mass is 10.3. The van der Waals surface area contributed by atoms with Crippen molar-refractivity contribution < 1.29 is 9.90 Å². The molecule has 15 heavy (non-hydrogen) atoms. The van der Waals surface area contributed by atoms with E-state index < -0.39 is 12.0 Å². The van der Waals surface area contributed by atoms with Gasteiger partial charge in [0.15, 0.2) is 0 Å². The number of hydrogen-bond donors (Lipinski definition) is 2. The van der Waals surface area contributed by atoms with Crippen LogP contribution in [0.3, 0.4) is 0 Å². The van der Waals surface area contributed by atoms with Crippen molar-refractivity contribution in [3.8, 4) is 0 Å². The summed E-state index contributed by atoms with van der Waals surface area (Å²) in [6.07, 6.45) is 1.71. The summed E-state index contributed by atoms with van der Waals surface area (Å²) in [5.41, 5.74) is 0.868. The quantitative estimate of drug-likeness (QED) is 0.866. The summed E-state index contributed by atoms with van der Waals surface area (Å²) in [5.74, 6) is -0.223. The van der Waals surface area contributed by atoms with Crippen molar-refractivity contribution in [2.45, 2.75) is 11.4 Å². The molecule has 0 bridgehead atoms. The van der Waals surface area contributed by atoms with E-state index in [-0.39, 0.29) is 5.37 Å². The Balaban J connectivity index is 2.07. The number of carbonyl (C=O) groups is 1. The first kappa shape index (κ1) is 10.9. The average molecular weight is 289 g/mol. The van der Waals surface area contributed by atoms with Gasteiger partial charge in [-0.25, -0.2) is 0 Å². The number of halogens is 1. The number of hydrogen-bond acceptors (Lipinski definition) is 4. The molecule has 6 heteroatoms. The molecule has 1 aliphatic rings. The summed E-state index contributed by atoms with van der Waals surface area (Å²) in [6.45, 7) is 0. The van der Waals surface area contributed by atoms with Crippen molar-refractivity contribution >= 4 is 33.7 Å². The normalized spacial score (nSPS) is 25.4. The molecule has 0 saturated carbocycles. The first-order valence-electron chi connectivity index (χ1n) is 4.39. The van der Waals surface area contributed by atoms with Crippen LogP contribution in [-0.2, 0) is 4.79 Å². The van der Waals surface area contributed by atoms with E-state index in [1.165, 1.54) is 0 Å². The van der Waals surface area contributed by atoms with Crippen molar-refractivity contribution in [2.24, 2.45) is 0 Å². The Morgan fingerprint density at radius 3 is 3.00 bits per heavy atom. The maximum Gasteiger partial charge on any atom is 0.321 e. The molecule has 1 aromatic rings. The topological polar surface area (TPSA) is 62.2 Å². The van der Waals surface area contributed by atoms with Gasteiger partial charge in [-0.15, -0.1) is 11.8 Å². The van der Waals surface area contributed by atoms with Crippen molar-refractivity contribution in [1.29, 1.82) is 0 Å². The van der Waals surface area contributed by atoms with Crippen molar-refractivity contribution in [2.75, 3.05) is 5.75 Å². The van der Waals surface area contributed by atoms with Gasteiger partial charge in [0, 0.05) is 16.4 Å². The highest BCUT2D eigenvalue weighted by molar-refractivity contribution is 9.10. The minimum Gasteiger partial charge on any atom is -0.480 e. The van der Waals surface area contributed by atoms with E-state index >= 15 is 0 Å². The molecule has 0 aliphatic carbocycles. The number of pyridine rings is 1. The predicted molar refractivity (Wildman–Crippen MR) is 61.7 cm³/mol. The molecule has 80 valence electrons. The second-order valence-corrected chi connectivity index (χ2v) is 5.23. The number of carboxylic acid groups (broad SMARTS) is 1. The zero-order valence-corrected chi connectivity index (χ0v) is 10.1. The number of nitrogens with one attached hydrogen (secondary N) is 1. The summed E-state index contributed by atoms with van der Waals surface area (Å²) in [4.78, 5) is 15.0. The van der Waals surface area contributed by atoms with Crippen molar-refractivity contribution in [3.63, 3.8) is 0 Å². The van der Waals surface area contributed by atoms with Crippen molar-refractivity contribution in [1.82, 2.24) is 10.3 Å². The van der Waals surface area contributed by atoms with E-state index in [9.17, 15) is 4.79 Å². The molecular weight excluding hydrogens is 280 g/mol. The standard InChI is InChI=1S/C9H9BrN2O2S/c10-5-1-2-6(11-3-5)8-12-7(4-15-8)9(13)14/h1-3,7-8,12H,4H2,(H,13,14)/t7-,8?/m0/s1. The van der Waals surface area contributed by atoms with Gasteiger partial charge in [-0.1, -0.05) is 0 Å². The Hall–Kier alpha value is -0.590. The van der Waals surface area contributed by atoms with E-state index in [2.05, 4.69) is 26.2 Å². The van der Waals surface area contributed by atoms with Crippen LogP contribution in [0.2, 0.25) is 0 Å². The monoisotopic (exact) mass is 288 g/mol. The molecule has 1 aromatic heterocycles. The molecule has 1 saturated heterocycles. The van der Waals surface area contributed by atoms with Crippen LogP contribution in [0.5, 0.6) is 0 Å². The summed E-state index contributed by atoms with van der Waals surface area (Å²) < 4.78 is 0.920. The molecule has 0 amide bonds. The molecule has 1 unspecified atom stereocenters. The van der Waals surface area contributed by atoms with Crippen LogP contribution < -0.4 is 5.32 Å². The minimum atomic E-state index is -0.804. The van der Waals surface area contributed by atoms with Gasteiger partial charge in [-0.2, -0.15) is 0 Å². The molecule has 1 fully saturated rings. The molecule has 0 aromatic carbocycles. The summed E-state index contributed by atoms with van der Waals surface area (Å²) in [7, 11) is 0. The van der Waals surface area contributed by atoms with E-state index in [1.807, 2.05) is 12.1 Å². The zero-order valence-electron chi connectivity index (χ0n) is 7.68. The summed E-state index contributed by atoms with van der Waals surface area (Å²) in [6, 6.07) is 3.32. The molecular formula is C9H9BrN2O2S. The Labute approximate surface area is 99.6 Å². The number of thioether (sulfide) groups is 1. The van der Waals surface area contributed by atoms with Crippen LogP contribution in [0, 0.1) is 0 Å². The molecule has 2 heterocycles.